The van der Waals surface area contributed by atoms with Crippen molar-refractivity contribution in [3.63, 3.8) is 0 Å². The molecule has 0 amide bonds. The highest BCUT2D eigenvalue weighted by molar-refractivity contribution is 7.13. The molecule has 2 aromatic rings. The van der Waals surface area contributed by atoms with E-state index < -0.39 is 0 Å². The lowest BCUT2D eigenvalue weighted by molar-refractivity contribution is 0.122. The Balaban J connectivity index is 2.00. The number of anilines is 2. The van der Waals surface area contributed by atoms with E-state index in [9.17, 15) is 4.79 Å². The van der Waals surface area contributed by atoms with Crippen LogP contribution in [0.25, 0.3) is 10.4 Å². The van der Waals surface area contributed by atoms with E-state index in [1.54, 1.807) is 0 Å². The number of morpholine rings is 1. The Morgan fingerprint density at radius 1 is 1.42 bits per heavy atom. The van der Waals surface area contributed by atoms with Crippen LogP contribution in [-0.4, -0.2) is 36.3 Å². The fraction of sp³-hybridized carbons (Fsp3) is 0.333. The quantitative estimate of drug-likeness (QED) is 0.853. The number of H-pyrrole nitrogens is 1. The zero-order valence-corrected chi connectivity index (χ0v) is 11.1. The summed E-state index contributed by atoms with van der Waals surface area (Å²) in [7, 11) is 0. The zero-order valence-electron chi connectivity index (χ0n) is 10.3. The number of thiophene rings is 1. The monoisotopic (exact) mass is 278 g/mol. The molecule has 6 nitrogen and oxygen atoms in total. The summed E-state index contributed by atoms with van der Waals surface area (Å²) in [5.41, 5.74) is 6.19. The summed E-state index contributed by atoms with van der Waals surface area (Å²) in [5, 5.41) is 1.91. The van der Waals surface area contributed by atoms with Gasteiger partial charge in [-0.3, -0.25) is 9.78 Å². The summed E-state index contributed by atoms with van der Waals surface area (Å²) < 4.78 is 5.27. The van der Waals surface area contributed by atoms with Crippen molar-refractivity contribution in [1.82, 2.24) is 9.97 Å². The van der Waals surface area contributed by atoms with Crippen LogP contribution in [0, 0.1) is 0 Å². The molecule has 2 aromatic heterocycles. The van der Waals surface area contributed by atoms with Crippen LogP contribution >= 0.6 is 11.3 Å². The van der Waals surface area contributed by atoms with Crippen LogP contribution in [0.2, 0.25) is 0 Å². The molecular weight excluding hydrogens is 264 g/mol. The maximum atomic E-state index is 12.2. The van der Waals surface area contributed by atoms with Crippen LogP contribution in [0.4, 0.5) is 11.8 Å². The molecule has 1 saturated heterocycles. The second-order valence-corrected chi connectivity index (χ2v) is 5.17. The van der Waals surface area contributed by atoms with E-state index in [0.29, 0.717) is 37.8 Å². The highest BCUT2D eigenvalue weighted by Crippen LogP contribution is 2.26. The Bertz CT molecular complexity index is 617. The van der Waals surface area contributed by atoms with Gasteiger partial charge in [-0.2, -0.15) is 4.98 Å². The van der Waals surface area contributed by atoms with Crippen molar-refractivity contribution >= 4 is 23.1 Å². The summed E-state index contributed by atoms with van der Waals surface area (Å²) in [4.78, 5) is 22.1. The molecule has 1 fully saturated rings. The number of hydrogen-bond donors (Lipinski definition) is 2. The molecule has 0 aromatic carbocycles. The van der Waals surface area contributed by atoms with Gasteiger partial charge in [0.2, 0.25) is 5.95 Å². The molecular formula is C12H14N4O2S. The lowest BCUT2D eigenvalue weighted by Crippen LogP contribution is -2.38. The molecule has 0 atom stereocenters. The molecule has 0 saturated carbocycles. The van der Waals surface area contributed by atoms with Crippen molar-refractivity contribution in [3.8, 4) is 10.4 Å². The van der Waals surface area contributed by atoms with Gasteiger partial charge in [0.15, 0.2) is 0 Å². The number of nitrogens with zero attached hydrogens (tertiary/aromatic N) is 2. The minimum Gasteiger partial charge on any atom is -0.383 e. The first-order valence-corrected chi connectivity index (χ1v) is 6.90. The maximum absolute atomic E-state index is 12.2. The van der Waals surface area contributed by atoms with Crippen molar-refractivity contribution in [3.05, 3.63) is 27.9 Å². The van der Waals surface area contributed by atoms with Gasteiger partial charge >= 0.3 is 0 Å². The molecule has 3 N–H and O–H groups in total. The SMILES string of the molecule is Nc1nc(N2CCOCC2)[nH]c(=O)c1-c1cccs1. The largest absolute Gasteiger partial charge is 0.383 e. The minimum absolute atomic E-state index is 0.198. The molecule has 100 valence electrons. The van der Waals surface area contributed by atoms with Gasteiger partial charge in [0.1, 0.15) is 5.82 Å². The van der Waals surface area contributed by atoms with E-state index in [1.807, 2.05) is 22.4 Å². The average Bonchev–Trinajstić information content (AvgIpc) is 2.93. The van der Waals surface area contributed by atoms with Gasteiger partial charge in [0, 0.05) is 18.0 Å². The fourth-order valence-corrected chi connectivity index (χ4v) is 2.84. The van der Waals surface area contributed by atoms with E-state index >= 15 is 0 Å². The summed E-state index contributed by atoms with van der Waals surface area (Å²) in [6, 6.07) is 3.75. The average molecular weight is 278 g/mol. The topological polar surface area (TPSA) is 84.2 Å². The number of ether oxygens (including phenoxy) is 1. The lowest BCUT2D eigenvalue weighted by Gasteiger charge is -2.27. The maximum Gasteiger partial charge on any atom is 0.263 e. The van der Waals surface area contributed by atoms with E-state index in [4.69, 9.17) is 10.5 Å². The summed E-state index contributed by atoms with van der Waals surface area (Å²) in [6.45, 7) is 2.69. The highest BCUT2D eigenvalue weighted by atomic mass is 32.1. The van der Waals surface area contributed by atoms with Crippen molar-refractivity contribution in [2.75, 3.05) is 36.9 Å². The van der Waals surface area contributed by atoms with E-state index in [1.165, 1.54) is 11.3 Å². The number of rotatable bonds is 2. The molecule has 0 radical (unpaired) electrons. The fourth-order valence-electron chi connectivity index (χ4n) is 2.06. The molecule has 1 aliphatic heterocycles. The first-order chi connectivity index (χ1) is 9.25. The summed E-state index contributed by atoms with van der Waals surface area (Å²) in [6.07, 6.45) is 0. The van der Waals surface area contributed by atoms with Gasteiger partial charge in [0.05, 0.1) is 18.8 Å². The van der Waals surface area contributed by atoms with Crippen LogP contribution < -0.4 is 16.2 Å². The molecule has 0 spiro atoms. The molecule has 19 heavy (non-hydrogen) atoms. The highest BCUT2D eigenvalue weighted by Gasteiger charge is 2.17. The Morgan fingerprint density at radius 3 is 2.84 bits per heavy atom. The molecule has 0 aliphatic carbocycles. The molecule has 0 bridgehead atoms. The number of nitrogens with one attached hydrogen (secondary N) is 1. The molecule has 3 heterocycles. The van der Waals surface area contributed by atoms with Crippen LogP contribution in [0.3, 0.4) is 0 Å². The van der Waals surface area contributed by atoms with E-state index in [0.717, 1.165) is 4.88 Å². The zero-order chi connectivity index (χ0) is 13.2. The standard InChI is InChI=1S/C12H14N4O2S/c13-10-9(8-2-1-7-19-8)11(17)15-12(14-10)16-3-5-18-6-4-16/h1-2,7H,3-6H2,(H3,13,14,15,17). The second kappa shape index (κ2) is 5.02. The number of nitrogens with two attached hydrogens (primary N) is 1. The predicted octanol–water partition coefficient (Wildman–Crippen LogP) is 0.917. The third kappa shape index (κ3) is 2.34. The van der Waals surface area contributed by atoms with Crippen LogP contribution in [-0.2, 0) is 4.74 Å². The van der Waals surface area contributed by atoms with Crippen LogP contribution in [0.15, 0.2) is 22.3 Å². The van der Waals surface area contributed by atoms with Crippen molar-refractivity contribution < 1.29 is 4.74 Å². The van der Waals surface area contributed by atoms with E-state index in [-0.39, 0.29) is 11.4 Å². The second-order valence-electron chi connectivity index (χ2n) is 4.23. The lowest BCUT2D eigenvalue weighted by atomic mass is 10.2. The van der Waals surface area contributed by atoms with Gasteiger partial charge in [-0.1, -0.05) is 6.07 Å². The third-order valence-electron chi connectivity index (χ3n) is 3.01. The Kier molecular flexibility index (Phi) is 3.22. The summed E-state index contributed by atoms with van der Waals surface area (Å²) >= 11 is 1.47. The number of nitrogen functional groups attached to an aromatic ring is 1. The Morgan fingerprint density at radius 2 is 2.21 bits per heavy atom. The molecule has 1 aliphatic rings. The molecule has 7 heteroatoms. The normalized spacial score (nSPS) is 15.7. The van der Waals surface area contributed by atoms with Crippen molar-refractivity contribution in [2.45, 2.75) is 0 Å². The Hall–Kier alpha value is -1.86. The van der Waals surface area contributed by atoms with Crippen molar-refractivity contribution in [1.29, 1.82) is 0 Å². The van der Waals surface area contributed by atoms with Gasteiger partial charge < -0.3 is 15.4 Å². The first kappa shape index (κ1) is 12.2. The van der Waals surface area contributed by atoms with Gasteiger partial charge in [-0.05, 0) is 11.4 Å². The molecule has 0 unspecified atom stereocenters. The minimum atomic E-state index is -0.198. The van der Waals surface area contributed by atoms with Crippen LogP contribution in [0.1, 0.15) is 0 Å². The Labute approximate surface area is 113 Å². The smallest absolute Gasteiger partial charge is 0.263 e. The van der Waals surface area contributed by atoms with Gasteiger partial charge in [-0.25, -0.2) is 0 Å². The van der Waals surface area contributed by atoms with Gasteiger partial charge in [-0.15, -0.1) is 11.3 Å². The predicted molar refractivity (Wildman–Crippen MR) is 75.6 cm³/mol. The first-order valence-electron chi connectivity index (χ1n) is 6.02. The number of aromatic amines is 1. The van der Waals surface area contributed by atoms with Crippen molar-refractivity contribution in [2.24, 2.45) is 0 Å². The van der Waals surface area contributed by atoms with E-state index in [2.05, 4.69) is 9.97 Å². The third-order valence-corrected chi connectivity index (χ3v) is 3.90. The summed E-state index contributed by atoms with van der Waals surface area (Å²) in [5.74, 6) is 0.791. The number of aromatic nitrogens is 2. The van der Waals surface area contributed by atoms with Gasteiger partial charge in [0.25, 0.3) is 5.56 Å². The molecule has 3 rings (SSSR count). The number of hydrogen-bond acceptors (Lipinski definition) is 6. The van der Waals surface area contributed by atoms with Crippen LogP contribution in [0.5, 0.6) is 0 Å².